The van der Waals surface area contributed by atoms with Crippen LogP contribution < -0.4 is 4.74 Å². The number of amides is 1. The van der Waals surface area contributed by atoms with Crippen LogP contribution in [0.25, 0.3) is 0 Å². The number of carbonyl (C=O) groups excluding carboxylic acids is 1. The quantitative estimate of drug-likeness (QED) is 0.798. The minimum atomic E-state index is 0.0511. The van der Waals surface area contributed by atoms with Crippen LogP contribution in [-0.2, 0) is 0 Å². The minimum Gasteiger partial charge on any atom is -0.496 e. The fourth-order valence-corrected chi connectivity index (χ4v) is 2.75. The highest BCUT2D eigenvalue weighted by Crippen LogP contribution is 2.20. The molecule has 1 aromatic rings. The molecule has 4 nitrogen and oxygen atoms in total. The monoisotopic (exact) mass is 296 g/mol. The van der Waals surface area contributed by atoms with E-state index in [-0.39, 0.29) is 5.91 Å². The summed E-state index contributed by atoms with van der Waals surface area (Å²) in [6, 6.07) is 7.39. The molecule has 5 heteroatoms. The second kappa shape index (κ2) is 7.50. The molecule has 0 aliphatic carbocycles. The summed E-state index contributed by atoms with van der Waals surface area (Å²) in [4.78, 5) is 16.8. The van der Waals surface area contributed by atoms with Gasteiger partial charge in [0.05, 0.1) is 12.7 Å². The average molecular weight is 297 g/mol. The molecule has 1 saturated heterocycles. The molecular weight excluding hydrogens is 276 g/mol. The first-order valence-electron chi connectivity index (χ1n) is 6.97. The van der Waals surface area contributed by atoms with Gasteiger partial charge in [0.2, 0.25) is 0 Å². The Morgan fingerprint density at radius 3 is 2.80 bits per heavy atom. The van der Waals surface area contributed by atoms with E-state index in [4.69, 9.17) is 16.3 Å². The Balaban J connectivity index is 2.05. The fourth-order valence-electron chi connectivity index (χ4n) is 2.51. The molecule has 1 amide bonds. The fraction of sp³-hybridized carbons (Fsp3) is 0.533. The highest BCUT2D eigenvalue weighted by Gasteiger charge is 2.22. The van der Waals surface area contributed by atoms with Gasteiger partial charge >= 0.3 is 0 Å². The smallest absolute Gasteiger partial charge is 0.257 e. The maximum atomic E-state index is 12.6. The van der Waals surface area contributed by atoms with Crippen LogP contribution in [0, 0.1) is 0 Å². The standard InChI is InChI=1S/C15H21ClN2O2/c1-20-14-6-3-2-5-13(14)15(19)18-9-4-8-17(10-7-16)11-12-18/h2-3,5-6H,4,7-12H2,1H3. The van der Waals surface area contributed by atoms with Crippen LogP contribution in [0.5, 0.6) is 5.75 Å². The van der Waals surface area contributed by atoms with Gasteiger partial charge in [-0.25, -0.2) is 0 Å². The van der Waals surface area contributed by atoms with Crippen molar-refractivity contribution < 1.29 is 9.53 Å². The molecule has 1 heterocycles. The molecule has 0 radical (unpaired) electrons. The predicted octanol–water partition coefficient (Wildman–Crippen LogP) is 2.08. The lowest BCUT2D eigenvalue weighted by atomic mass is 10.1. The van der Waals surface area contributed by atoms with Crippen molar-refractivity contribution in [1.82, 2.24) is 9.80 Å². The van der Waals surface area contributed by atoms with Crippen molar-refractivity contribution in [1.29, 1.82) is 0 Å². The van der Waals surface area contributed by atoms with E-state index in [9.17, 15) is 4.79 Å². The van der Waals surface area contributed by atoms with E-state index in [0.717, 1.165) is 39.1 Å². The lowest BCUT2D eigenvalue weighted by Crippen LogP contribution is -2.35. The molecular formula is C15H21ClN2O2. The Morgan fingerprint density at radius 1 is 1.25 bits per heavy atom. The van der Waals surface area contributed by atoms with E-state index in [1.165, 1.54) is 0 Å². The Bertz CT molecular complexity index is 453. The number of ether oxygens (including phenoxy) is 1. The van der Waals surface area contributed by atoms with Gasteiger partial charge in [-0.1, -0.05) is 12.1 Å². The van der Waals surface area contributed by atoms with Gasteiger partial charge in [-0.05, 0) is 25.1 Å². The Hall–Kier alpha value is -1.26. The van der Waals surface area contributed by atoms with Crippen LogP contribution >= 0.6 is 11.6 Å². The predicted molar refractivity (Wildman–Crippen MR) is 80.7 cm³/mol. The molecule has 1 fully saturated rings. The van der Waals surface area contributed by atoms with Crippen LogP contribution in [0.15, 0.2) is 24.3 Å². The maximum absolute atomic E-state index is 12.6. The number of alkyl halides is 1. The number of para-hydroxylation sites is 1. The Kier molecular flexibility index (Phi) is 5.68. The molecule has 0 atom stereocenters. The second-order valence-corrected chi connectivity index (χ2v) is 5.25. The maximum Gasteiger partial charge on any atom is 0.257 e. The van der Waals surface area contributed by atoms with Crippen LogP contribution in [0.3, 0.4) is 0 Å². The summed E-state index contributed by atoms with van der Waals surface area (Å²) in [5.41, 5.74) is 0.640. The molecule has 1 aliphatic heterocycles. The Labute approximate surface area is 125 Å². The van der Waals surface area contributed by atoms with Crippen LogP contribution in [0.1, 0.15) is 16.8 Å². The molecule has 0 saturated carbocycles. The normalized spacial score (nSPS) is 16.8. The number of rotatable bonds is 4. The average Bonchev–Trinajstić information content (AvgIpc) is 2.72. The zero-order chi connectivity index (χ0) is 14.4. The van der Waals surface area contributed by atoms with Gasteiger partial charge in [0.25, 0.3) is 5.91 Å². The van der Waals surface area contributed by atoms with E-state index in [1.807, 2.05) is 29.2 Å². The van der Waals surface area contributed by atoms with Gasteiger partial charge in [0.1, 0.15) is 5.75 Å². The first-order chi connectivity index (χ1) is 9.76. The number of nitrogens with zero attached hydrogens (tertiary/aromatic N) is 2. The second-order valence-electron chi connectivity index (χ2n) is 4.88. The van der Waals surface area contributed by atoms with E-state index in [2.05, 4.69) is 4.90 Å². The van der Waals surface area contributed by atoms with E-state index < -0.39 is 0 Å². The zero-order valence-corrected chi connectivity index (χ0v) is 12.6. The third kappa shape index (κ3) is 3.64. The Morgan fingerprint density at radius 2 is 2.05 bits per heavy atom. The SMILES string of the molecule is COc1ccccc1C(=O)N1CCCN(CCCl)CC1. The summed E-state index contributed by atoms with van der Waals surface area (Å²) in [6.07, 6.45) is 0.984. The van der Waals surface area contributed by atoms with Gasteiger partial charge in [0.15, 0.2) is 0 Å². The molecule has 0 N–H and O–H groups in total. The van der Waals surface area contributed by atoms with Crippen molar-refractivity contribution in [2.24, 2.45) is 0 Å². The van der Waals surface area contributed by atoms with Crippen LogP contribution in [0.4, 0.5) is 0 Å². The van der Waals surface area contributed by atoms with Crippen molar-refractivity contribution in [3.8, 4) is 5.75 Å². The molecule has 20 heavy (non-hydrogen) atoms. The molecule has 0 unspecified atom stereocenters. The third-order valence-corrected chi connectivity index (χ3v) is 3.78. The van der Waals surface area contributed by atoms with Gasteiger partial charge in [-0.3, -0.25) is 4.79 Å². The first kappa shape index (κ1) is 15.1. The van der Waals surface area contributed by atoms with Crippen molar-refractivity contribution in [3.63, 3.8) is 0 Å². The lowest BCUT2D eigenvalue weighted by Gasteiger charge is -2.22. The lowest BCUT2D eigenvalue weighted by molar-refractivity contribution is 0.0758. The topological polar surface area (TPSA) is 32.8 Å². The van der Waals surface area contributed by atoms with Crippen LogP contribution in [-0.4, -0.2) is 61.4 Å². The number of hydrogen-bond acceptors (Lipinski definition) is 3. The van der Waals surface area contributed by atoms with Crippen molar-refractivity contribution >= 4 is 17.5 Å². The van der Waals surface area contributed by atoms with E-state index >= 15 is 0 Å². The molecule has 1 aliphatic rings. The van der Waals surface area contributed by atoms with Crippen molar-refractivity contribution in [3.05, 3.63) is 29.8 Å². The number of benzene rings is 1. The van der Waals surface area contributed by atoms with Crippen molar-refractivity contribution in [2.45, 2.75) is 6.42 Å². The van der Waals surface area contributed by atoms with Gasteiger partial charge in [-0.2, -0.15) is 0 Å². The van der Waals surface area contributed by atoms with Crippen LogP contribution in [0.2, 0.25) is 0 Å². The summed E-state index contributed by atoms with van der Waals surface area (Å²) in [7, 11) is 1.59. The zero-order valence-electron chi connectivity index (χ0n) is 11.8. The van der Waals surface area contributed by atoms with Gasteiger partial charge in [0, 0.05) is 32.1 Å². The number of methoxy groups -OCH3 is 1. The molecule has 2 rings (SSSR count). The van der Waals surface area contributed by atoms with Gasteiger partial charge in [-0.15, -0.1) is 11.6 Å². The molecule has 0 bridgehead atoms. The highest BCUT2D eigenvalue weighted by molar-refractivity contribution is 6.18. The summed E-state index contributed by atoms with van der Waals surface area (Å²) < 4.78 is 5.27. The summed E-state index contributed by atoms with van der Waals surface area (Å²) in [5, 5.41) is 0. The number of halogens is 1. The molecule has 110 valence electrons. The molecule has 0 aromatic heterocycles. The summed E-state index contributed by atoms with van der Waals surface area (Å²) in [5.74, 6) is 1.33. The van der Waals surface area contributed by atoms with E-state index in [0.29, 0.717) is 17.2 Å². The van der Waals surface area contributed by atoms with Crippen molar-refractivity contribution in [2.75, 3.05) is 45.7 Å². The number of hydrogen-bond donors (Lipinski definition) is 0. The largest absolute Gasteiger partial charge is 0.496 e. The van der Waals surface area contributed by atoms with Gasteiger partial charge < -0.3 is 14.5 Å². The first-order valence-corrected chi connectivity index (χ1v) is 7.50. The highest BCUT2D eigenvalue weighted by atomic mass is 35.5. The van der Waals surface area contributed by atoms with E-state index in [1.54, 1.807) is 7.11 Å². The molecule has 1 aromatic carbocycles. The minimum absolute atomic E-state index is 0.0511. The third-order valence-electron chi connectivity index (χ3n) is 3.61. The summed E-state index contributed by atoms with van der Waals surface area (Å²) in [6.45, 7) is 4.30. The number of carbonyl (C=O) groups is 1. The summed E-state index contributed by atoms with van der Waals surface area (Å²) >= 11 is 5.78. The molecule has 0 spiro atoms.